The number of carboxylic acids is 1. The average Bonchev–Trinajstić information content (AvgIpc) is 3.40. The topological polar surface area (TPSA) is 234 Å². The first kappa shape index (κ1) is 42.1. The summed E-state index contributed by atoms with van der Waals surface area (Å²) in [4.78, 5) is 36.6. The Hall–Kier alpha value is 0.0691. The quantitative estimate of drug-likeness (QED) is 0.124. The van der Waals surface area contributed by atoms with E-state index in [1.54, 1.807) is 6.92 Å². The Morgan fingerprint density at radius 2 is 1.41 bits per heavy atom. The normalized spacial score (nSPS) is 14.1. The van der Waals surface area contributed by atoms with Crippen LogP contribution in [0, 0.1) is 0 Å². The van der Waals surface area contributed by atoms with Crippen molar-refractivity contribution in [2.75, 3.05) is 11.6 Å². The molecule has 0 radical (unpaired) electrons. The number of carboxylic acid groups (broad SMARTS) is 1. The maximum absolute atomic E-state index is 13.1. The molecule has 0 spiro atoms. The van der Waals surface area contributed by atoms with Gasteiger partial charge in [-0.2, -0.15) is 10.1 Å². The van der Waals surface area contributed by atoms with Crippen LogP contribution in [0.4, 0.5) is 5.69 Å². The molecule has 0 saturated carbocycles. The molecule has 44 heavy (non-hydrogen) atoms. The number of allylic oxidation sites excluding steroid dienone is 2. The van der Waals surface area contributed by atoms with Crippen molar-refractivity contribution >= 4 is 49.6 Å². The molecular weight excluding hydrogens is 702 g/mol. The van der Waals surface area contributed by atoms with Crippen LogP contribution in [-0.4, -0.2) is 59.9 Å². The number of ether oxygens (including phenoxy) is 1. The van der Waals surface area contributed by atoms with Crippen molar-refractivity contribution in [1.82, 2.24) is 9.78 Å². The first-order valence-corrected chi connectivity index (χ1v) is 14.2. The Balaban J connectivity index is 0.00000323. The van der Waals surface area contributed by atoms with Crippen molar-refractivity contribution in [3.63, 3.8) is 0 Å². The molecule has 214 valence electrons. The maximum Gasteiger partial charge on any atom is 1.00 e. The second-order valence-electron chi connectivity index (χ2n) is 8.12. The predicted octanol–water partition coefficient (Wildman–Crippen LogP) is -9.52. The van der Waals surface area contributed by atoms with Crippen LogP contribution in [0.15, 0.2) is 85.9 Å². The molecule has 2 heterocycles. The van der Waals surface area contributed by atoms with E-state index in [1.165, 1.54) is 24.3 Å². The fourth-order valence-electron chi connectivity index (χ4n) is 3.66. The van der Waals surface area contributed by atoms with Crippen molar-refractivity contribution in [3.8, 4) is 11.6 Å². The molecule has 1 aliphatic heterocycles. The molecule has 0 atom stereocenters. The average molecular weight is 719 g/mol. The number of hydrogen-bond donors (Lipinski definition) is 1. The van der Waals surface area contributed by atoms with Crippen molar-refractivity contribution < 1.29 is 200 Å². The number of aromatic nitrogens is 2. The van der Waals surface area contributed by atoms with E-state index in [4.69, 9.17) is 4.74 Å². The van der Waals surface area contributed by atoms with E-state index in [1.807, 2.05) is 0 Å². The largest absolute Gasteiger partial charge is 1.00 e. The molecule has 0 fully saturated rings. The number of carbonyl (C=O) groups is 2. The van der Waals surface area contributed by atoms with Crippen LogP contribution < -0.4 is 175 Å². The summed E-state index contributed by atoms with van der Waals surface area (Å²) in [5, 5.41) is 18.7. The fraction of sp³-hybridized carbons (Fsp3) is 0.0833. The summed E-state index contributed by atoms with van der Waals surface area (Å²) in [6.45, 7) is 1.78. The summed E-state index contributed by atoms with van der Waals surface area (Å²) in [5.41, 5.74) is -1.74. The molecule has 4 rings (SSSR count). The molecule has 0 aliphatic carbocycles. The number of aromatic amines is 1. The molecule has 1 N–H and O–H groups in total. The maximum atomic E-state index is 13.1. The minimum atomic E-state index is -4.76. The number of hydrogen-bond acceptors (Lipinski definition) is 12. The van der Waals surface area contributed by atoms with Gasteiger partial charge in [0.2, 0.25) is 5.88 Å². The van der Waals surface area contributed by atoms with E-state index in [0.29, 0.717) is 5.01 Å². The Kier molecular flexibility index (Phi) is 16.7. The Morgan fingerprint density at radius 3 is 1.86 bits per heavy atom. The smallest absolute Gasteiger partial charge is 0.744 e. The molecule has 20 heteroatoms. The van der Waals surface area contributed by atoms with Gasteiger partial charge in [-0.05, 0) is 67.6 Å². The van der Waals surface area contributed by atoms with Gasteiger partial charge < -0.3 is 23.7 Å². The van der Waals surface area contributed by atoms with Crippen LogP contribution in [0.2, 0.25) is 0 Å². The third-order valence-electron chi connectivity index (χ3n) is 5.53. The first-order chi connectivity index (χ1) is 19.2. The summed E-state index contributed by atoms with van der Waals surface area (Å²) in [6, 6.07) is 8.54. The van der Waals surface area contributed by atoms with Crippen LogP contribution in [0.3, 0.4) is 0 Å². The van der Waals surface area contributed by atoms with Crippen LogP contribution in [0.25, 0.3) is 11.8 Å². The van der Waals surface area contributed by atoms with E-state index in [0.717, 1.165) is 47.2 Å². The van der Waals surface area contributed by atoms with E-state index >= 15 is 0 Å². The number of rotatable bonds is 9. The van der Waals surface area contributed by atoms with Gasteiger partial charge in [0.15, 0.2) is 0 Å². The third kappa shape index (κ3) is 9.81. The van der Waals surface area contributed by atoms with Crippen LogP contribution >= 0.6 is 0 Å². The van der Waals surface area contributed by atoms with Gasteiger partial charge in [-0.15, -0.1) is 0 Å². The van der Waals surface area contributed by atoms with Gasteiger partial charge in [0.25, 0.3) is 11.5 Å². The predicted molar refractivity (Wildman–Crippen MR) is 137 cm³/mol. The van der Waals surface area contributed by atoms with Crippen molar-refractivity contribution in [3.05, 3.63) is 82.2 Å². The molecule has 0 unspecified atom stereocenters. The molecule has 0 bridgehead atoms. The summed E-state index contributed by atoms with van der Waals surface area (Å²) in [7, 11) is -9.46. The minimum Gasteiger partial charge on any atom is -0.744 e. The number of carbonyl (C=O) groups excluding carboxylic acids is 2. The van der Waals surface area contributed by atoms with E-state index < -0.39 is 58.7 Å². The van der Waals surface area contributed by atoms with Crippen LogP contribution in [-0.2, 0) is 29.8 Å². The molecule has 0 saturated heterocycles. The molecular formula is C24H17K3N4O11S2. The van der Waals surface area contributed by atoms with E-state index in [2.05, 4.69) is 10.2 Å². The number of nitrogens with one attached hydrogen (secondary N) is 1. The summed E-state index contributed by atoms with van der Waals surface area (Å²) < 4.78 is 73.4. The number of aliphatic carboxylic acids is 1. The molecule has 1 amide bonds. The van der Waals surface area contributed by atoms with Crippen molar-refractivity contribution in [2.24, 2.45) is 5.10 Å². The SMILES string of the molecule is CCOc1[nH]n(-c2ccc(S(=O)(=O)[O-])cc2)c(=O)c1C=CC=C1C(=O)N(c2ccc(S(=O)(=O)[O-])cc2)N=C1C(=O)[O-].[K+].[K+].[K+]. The number of amides is 1. The minimum absolute atomic E-state index is 0. The monoisotopic (exact) mass is 718 g/mol. The molecule has 15 nitrogen and oxygen atoms in total. The Labute approximate surface area is 378 Å². The van der Waals surface area contributed by atoms with E-state index in [9.17, 15) is 45.4 Å². The zero-order valence-corrected chi connectivity index (χ0v) is 34.7. The molecule has 1 aliphatic rings. The van der Waals surface area contributed by atoms with Gasteiger partial charge in [0.05, 0.1) is 39.3 Å². The van der Waals surface area contributed by atoms with Gasteiger partial charge in [0, 0.05) is 0 Å². The third-order valence-corrected chi connectivity index (χ3v) is 7.23. The standard InChI is InChI=1S/C24H20N4O11S2.3K/c1-2-39-21-19(23(30)28(26-21)15-8-12-17(13-9-15)41(36,37)38)5-3-4-18-20(24(31)32)25-27(22(18)29)14-6-10-16(11-7-14)40(33,34)35;;;/h3-13,26H,2H2,1H3,(H,31,32)(H,33,34,35)(H,36,37,38);;;/q;3*+1/p-3. The second kappa shape index (κ2) is 17.5. The summed E-state index contributed by atoms with van der Waals surface area (Å²) >= 11 is 0. The molecule has 1 aromatic heterocycles. The zero-order chi connectivity index (χ0) is 30.1. The van der Waals surface area contributed by atoms with Crippen LogP contribution in [0.5, 0.6) is 5.88 Å². The van der Waals surface area contributed by atoms with Gasteiger partial charge in [-0.3, -0.25) is 14.7 Å². The number of nitrogens with zero attached hydrogens (tertiary/aromatic N) is 3. The van der Waals surface area contributed by atoms with Crippen molar-refractivity contribution in [2.45, 2.75) is 16.7 Å². The summed E-state index contributed by atoms with van der Waals surface area (Å²) in [6.07, 6.45) is 3.47. The number of hydrazone groups is 1. The Bertz CT molecular complexity index is 1920. The number of H-pyrrole nitrogens is 1. The van der Waals surface area contributed by atoms with Crippen molar-refractivity contribution in [1.29, 1.82) is 0 Å². The van der Waals surface area contributed by atoms with Gasteiger partial charge in [-0.25, -0.2) is 21.5 Å². The molecule has 2 aromatic carbocycles. The number of benzene rings is 2. The van der Waals surface area contributed by atoms with Gasteiger partial charge >= 0.3 is 154 Å². The van der Waals surface area contributed by atoms with Gasteiger partial charge in [0.1, 0.15) is 31.5 Å². The zero-order valence-electron chi connectivity index (χ0n) is 23.7. The van der Waals surface area contributed by atoms with Crippen LogP contribution in [0.1, 0.15) is 12.5 Å². The second-order valence-corrected chi connectivity index (χ2v) is 10.9. The number of anilines is 1. The van der Waals surface area contributed by atoms with Gasteiger partial charge in [-0.1, -0.05) is 6.08 Å². The first-order valence-electron chi connectivity index (χ1n) is 11.4. The summed E-state index contributed by atoms with van der Waals surface area (Å²) in [5.74, 6) is -2.72. The van der Waals surface area contributed by atoms with E-state index in [-0.39, 0.29) is 184 Å². The Morgan fingerprint density at radius 1 is 0.909 bits per heavy atom. The fourth-order valence-corrected chi connectivity index (χ4v) is 4.60. The molecule has 3 aromatic rings.